The maximum absolute atomic E-state index is 13.4. The second kappa shape index (κ2) is 3.21. The van der Waals surface area contributed by atoms with E-state index in [-0.39, 0.29) is 5.69 Å². The van der Waals surface area contributed by atoms with Crippen molar-refractivity contribution < 1.29 is 9.03 Å². The number of hydrogen-bond donors (Lipinski definition) is 0. The molecule has 0 amide bonds. The van der Waals surface area contributed by atoms with Crippen molar-refractivity contribution in [2.75, 3.05) is 0 Å². The van der Waals surface area contributed by atoms with E-state index in [0.717, 1.165) is 6.20 Å². The number of rotatable bonds is 2. The molecule has 0 bridgehead atoms. The number of pyridine rings is 1. The predicted octanol–water partition coefficient (Wildman–Crippen LogP) is 1.37. The molecular formula is C7H9FN2O2Si. The summed E-state index contributed by atoms with van der Waals surface area (Å²) in [5.74, 6) is 0. The molecule has 1 aromatic heterocycles. The van der Waals surface area contributed by atoms with Crippen molar-refractivity contribution in [1.29, 1.82) is 0 Å². The molecule has 0 saturated carbocycles. The lowest BCUT2D eigenvalue weighted by Gasteiger charge is -2.09. The van der Waals surface area contributed by atoms with Crippen molar-refractivity contribution in [2.24, 2.45) is 0 Å². The van der Waals surface area contributed by atoms with E-state index in [0.29, 0.717) is 5.19 Å². The molecule has 6 heteroatoms. The van der Waals surface area contributed by atoms with Crippen LogP contribution in [-0.2, 0) is 0 Å². The van der Waals surface area contributed by atoms with Crippen molar-refractivity contribution in [3.8, 4) is 0 Å². The van der Waals surface area contributed by atoms with Crippen molar-refractivity contribution in [3.05, 3.63) is 28.6 Å². The number of nitrogens with zero attached hydrogens (tertiary/aromatic N) is 2. The van der Waals surface area contributed by atoms with Gasteiger partial charge in [-0.15, -0.1) is 0 Å². The Morgan fingerprint density at radius 3 is 2.62 bits per heavy atom. The van der Waals surface area contributed by atoms with Gasteiger partial charge in [-0.2, -0.15) is 0 Å². The maximum Gasteiger partial charge on any atom is 0.287 e. The van der Waals surface area contributed by atoms with Crippen LogP contribution in [0, 0.1) is 10.1 Å². The second-order valence-electron chi connectivity index (χ2n) is 3.16. The van der Waals surface area contributed by atoms with Gasteiger partial charge in [-0.3, -0.25) is 15.1 Å². The highest BCUT2D eigenvalue weighted by Crippen LogP contribution is 2.10. The minimum Gasteiger partial charge on any atom is -0.308 e. The highest BCUT2D eigenvalue weighted by molar-refractivity contribution is 6.83. The van der Waals surface area contributed by atoms with Gasteiger partial charge in [-0.25, -0.2) is 0 Å². The molecule has 13 heavy (non-hydrogen) atoms. The number of nitro groups is 1. The molecule has 0 radical (unpaired) electrons. The van der Waals surface area contributed by atoms with Crippen molar-refractivity contribution in [1.82, 2.24) is 4.98 Å². The van der Waals surface area contributed by atoms with Gasteiger partial charge in [0.25, 0.3) is 14.1 Å². The third-order valence-corrected chi connectivity index (χ3v) is 3.27. The molecule has 0 unspecified atom stereocenters. The number of aromatic nitrogens is 1. The third-order valence-electron chi connectivity index (χ3n) is 1.62. The van der Waals surface area contributed by atoms with E-state index in [1.165, 1.54) is 25.4 Å². The van der Waals surface area contributed by atoms with E-state index < -0.39 is 13.3 Å². The molecule has 1 rings (SSSR count). The van der Waals surface area contributed by atoms with E-state index in [1.54, 1.807) is 0 Å². The molecule has 0 aliphatic rings. The Bertz CT molecular complexity index is 338. The quantitative estimate of drug-likeness (QED) is 0.313. The third kappa shape index (κ3) is 2.31. The van der Waals surface area contributed by atoms with Gasteiger partial charge in [-0.1, -0.05) is 0 Å². The first-order valence-corrected chi connectivity index (χ1v) is 6.58. The van der Waals surface area contributed by atoms with Gasteiger partial charge < -0.3 is 4.11 Å². The lowest BCUT2D eigenvalue weighted by Crippen LogP contribution is -2.36. The van der Waals surface area contributed by atoms with Crippen LogP contribution >= 0.6 is 0 Å². The molecule has 0 N–H and O–H groups in total. The van der Waals surface area contributed by atoms with Crippen LogP contribution in [0.1, 0.15) is 0 Å². The van der Waals surface area contributed by atoms with Gasteiger partial charge in [0.05, 0.1) is 4.92 Å². The fraction of sp³-hybridized carbons (Fsp3) is 0.286. The normalized spacial score (nSPS) is 11.3. The summed E-state index contributed by atoms with van der Waals surface area (Å²) < 4.78 is 13.4. The molecule has 0 aliphatic heterocycles. The first kappa shape index (κ1) is 9.78. The molecular weight excluding hydrogens is 191 g/mol. The zero-order valence-corrected chi connectivity index (χ0v) is 8.32. The van der Waals surface area contributed by atoms with Gasteiger partial charge in [-0.05, 0) is 18.3 Å². The highest BCUT2D eigenvalue weighted by Gasteiger charge is 2.25. The Morgan fingerprint density at radius 1 is 1.54 bits per heavy atom. The van der Waals surface area contributed by atoms with Gasteiger partial charge in [0.2, 0.25) is 0 Å². The van der Waals surface area contributed by atoms with Gasteiger partial charge in [0.15, 0.2) is 0 Å². The Balaban J connectivity index is 3.13. The minimum absolute atomic E-state index is 0.157. The van der Waals surface area contributed by atoms with Crippen LogP contribution in [0.2, 0.25) is 13.1 Å². The molecule has 0 aliphatic carbocycles. The first-order chi connectivity index (χ1) is 5.91. The Morgan fingerprint density at radius 2 is 2.15 bits per heavy atom. The fourth-order valence-corrected chi connectivity index (χ4v) is 1.73. The molecule has 0 fully saturated rings. The van der Waals surface area contributed by atoms with Crippen LogP contribution in [0.15, 0.2) is 18.5 Å². The molecule has 1 aromatic rings. The molecule has 0 aromatic carbocycles. The van der Waals surface area contributed by atoms with E-state index >= 15 is 0 Å². The lowest BCUT2D eigenvalue weighted by molar-refractivity contribution is -0.385. The summed E-state index contributed by atoms with van der Waals surface area (Å²) in [6, 6.07) is 1.25. The molecule has 1 heterocycles. The summed E-state index contributed by atoms with van der Waals surface area (Å²) in [5, 5.41) is 10.7. The zero-order valence-electron chi connectivity index (χ0n) is 7.32. The van der Waals surface area contributed by atoms with E-state index in [9.17, 15) is 14.2 Å². The van der Waals surface area contributed by atoms with Crippen molar-refractivity contribution in [2.45, 2.75) is 13.1 Å². The van der Waals surface area contributed by atoms with Crippen LogP contribution in [0.5, 0.6) is 0 Å². The summed E-state index contributed by atoms with van der Waals surface area (Å²) in [6.45, 7) is 2.93. The standard InChI is InChI=1S/C7H9FN2O2Si/c1-13(2,8)7-3-6(10(11)12)4-9-5-7/h3-5H,1-2H3. The summed E-state index contributed by atoms with van der Waals surface area (Å²) in [5.41, 5.74) is -0.157. The average Bonchev–Trinajstić information content (AvgIpc) is 2.03. The molecule has 0 atom stereocenters. The van der Waals surface area contributed by atoms with Crippen LogP contribution in [0.3, 0.4) is 0 Å². The van der Waals surface area contributed by atoms with Gasteiger partial charge in [0.1, 0.15) is 6.20 Å². The van der Waals surface area contributed by atoms with Crippen molar-refractivity contribution in [3.63, 3.8) is 0 Å². The Kier molecular flexibility index (Phi) is 2.42. The molecule has 0 saturated heterocycles. The minimum atomic E-state index is -2.98. The van der Waals surface area contributed by atoms with E-state index in [1.807, 2.05) is 0 Å². The van der Waals surface area contributed by atoms with Crippen LogP contribution in [0.25, 0.3) is 0 Å². The summed E-state index contributed by atoms with van der Waals surface area (Å²) in [6.07, 6.45) is 2.46. The topological polar surface area (TPSA) is 56.0 Å². The van der Waals surface area contributed by atoms with E-state index in [4.69, 9.17) is 0 Å². The van der Waals surface area contributed by atoms with Crippen molar-refractivity contribution >= 4 is 19.3 Å². The lowest BCUT2D eigenvalue weighted by atomic mass is 10.4. The van der Waals surface area contributed by atoms with Crippen LogP contribution < -0.4 is 5.19 Å². The summed E-state index contributed by atoms with van der Waals surface area (Å²) >= 11 is 0. The smallest absolute Gasteiger partial charge is 0.287 e. The predicted molar refractivity (Wildman–Crippen MR) is 49.1 cm³/mol. The highest BCUT2D eigenvalue weighted by atomic mass is 28.4. The maximum atomic E-state index is 13.4. The number of hydrogen-bond acceptors (Lipinski definition) is 3. The zero-order chi connectivity index (χ0) is 10.1. The van der Waals surface area contributed by atoms with E-state index in [2.05, 4.69) is 4.98 Å². The van der Waals surface area contributed by atoms with Crippen LogP contribution in [-0.4, -0.2) is 18.3 Å². The van der Waals surface area contributed by atoms with Gasteiger partial charge in [0, 0.05) is 12.3 Å². The summed E-state index contributed by atoms with van der Waals surface area (Å²) in [7, 11) is -2.98. The van der Waals surface area contributed by atoms with Crippen LogP contribution in [0.4, 0.5) is 9.80 Å². The molecule has 70 valence electrons. The largest absolute Gasteiger partial charge is 0.308 e. The average molecular weight is 200 g/mol. The summed E-state index contributed by atoms with van der Waals surface area (Å²) in [4.78, 5) is 13.4. The first-order valence-electron chi connectivity index (χ1n) is 3.70. The Labute approximate surface area is 75.8 Å². The Hall–Kier alpha value is -1.30. The number of halogens is 1. The second-order valence-corrected chi connectivity index (χ2v) is 6.68. The molecule has 0 spiro atoms. The molecule has 4 nitrogen and oxygen atoms in total. The fourth-order valence-electron chi connectivity index (χ4n) is 0.853. The monoisotopic (exact) mass is 200 g/mol. The SMILES string of the molecule is C[Si](C)(F)c1cncc([N+](=O)[O-])c1. The van der Waals surface area contributed by atoms with Gasteiger partial charge >= 0.3 is 0 Å².